The van der Waals surface area contributed by atoms with E-state index in [2.05, 4.69) is 11.0 Å². The fourth-order valence-electron chi connectivity index (χ4n) is 4.31. The number of aromatic nitrogens is 1. The number of nitrogens with zero attached hydrogens (tertiary/aromatic N) is 2. The maximum atomic E-state index is 14.6. The van der Waals surface area contributed by atoms with E-state index in [1.54, 1.807) is 13.2 Å². The zero-order valence-electron chi connectivity index (χ0n) is 18.6. The highest BCUT2D eigenvalue weighted by Gasteiger charge is 2.28. The summed E-state index contributed by atoms with van der Waals surface area (Å²) in [4.78, 5) is 19.1. The van der Waals surface area contributed by atoms with E-state index in [0.29, 0.717) is 24.2 Å². The zero-order chi connectivity index (χ0) is 22.5. The second-order valence-corrected chi connectivity index (χ2v) is 8.12. The predicted octanol–water partition coefficient (Wildman–Crippen LogP) is 4.99. The molecule has 0 radical (unpaired) electrons. The molecule has 0 bridgehead atoms. The Bertz CT molecular complexity index is 1070. The molecule has 4 rings (SSSR count). The van der Waals surface area contributed by atoms with E-state index >= 15 is 0 Å². The largest absolute Gasteiger partial charge is 0.466 e. The van der Waals surface area contributed by atoms with Gasteiger partial charge >= 0.3 is 5.97 Å². The number of pyridine rings is 1. The molecule has 1 aromatic carbocycles. The van der Waals surface area contributed by atoms with Gasteiger partial charge in [0.15, 0.2) is 11.4 Å². The van der Waals surface area contributed by atoms with Crippen LogP contribution in [-0.4, -0.2) is 44.4 Å². The number of fused-ring (bicyclic) bond motifs is 1. The number of furan rings is 1. The van der Waals surface area contributed by atoms with Gasteiger partial charge in [0.2, 0.25) is 0 Å². The summed E-state index contributed by atoms with van der Waals surface area (Å²) in [5, 5.41) is 0.706. The number of carbonyl (C=O) groups is 1. The quantitative estimate of drug-likeness (QED) is 0.363. The van der Waals surface area contributed by atoms with Crippen LogP contribution in [0.3, 0.4) is 0 Å². The van der Waals surface area contributed by atoms with Gasteiger partial charge in [-0.05, 0) is 62.4 Å². The van der Waals surface area contributed by atoms with Gasteiger partial charge < -0.3 is 18.8 Å². The summed E-state index contributed by atoms with van der Waals surface area (Å²) in [6, 6.07) is 7.28. The number of anilines is 1. The van der Waals surface area contributed by atoms with Crippen LogP contribution < -0.4 is 4.90 Å². The summed E-state index contributed by atoms with van der Waals surface area (Å²) >= 11 is 0. The van der Waals surface area contributed by atoms with E-state index in [4.69, 9.17) is 18.9 Å². The summed E-state index contributed by atoms with van der Waals surface area (Å²) in [5.41, 5.74) is 3.77. The van der Waals surface area contributed by atoms with Crippen molar-refractivity contribution in [1.29, 1.82) is 0 Å². The Morgan fingerprint density at radius 2 is 2.09 bits per heavy atom. The van der Waals surface area contributed by atoms with Crippen molar-refractivity contribution in [1.82, 2.24) is 4.98 Å². The molecule has 6 nitrogen and oxygen atoms in total. The fraction of sp³-hybridized carbons (Fsp3) is 0.440. The minimum atomic E-state index is -0.402. The lowest BCUT2D eigenvalue weighted by atomic mass is 9.95. The van der Waals surface area contributed by atoms with E-state index in [1.165, 1.54) is 12.3 Å². The third-order valence-electron chi connectivity index (χ3n) is 5.97. The minimum Gasteiger partial charge on any atom is -0.466 e. The number of hydrogen-bond donors (Lipinski definition) is 0. The summed E-state index contributed by atoms with van der Waals surface area (Å²) in [7, 11) is 1.70. The first-order chi connectivity index (χ1) is 15.6. The Balaban J connectivity index is 1.65. The Kier molecular flexibility index (Phi) is 7.05. The number of benzene rings is 1. The number of aryl methyl sites for hydroxylation is 1. The molecular weight excluding hydrogens is 411 g/mol. The predicted molar refractivity (Wildman–Crippen MR) is 121 cm³/mol. The molecule has 0 spiro atoms. The third kappa shape index (κ3) is 4.78. The first-order valence-corrected chi connectivity index (χ1v) is 11.2. The zero-order valence-corrected chi connectivity index (χ0v) is 18.6. The summed E-state index contributed by atoms with van der Waals surface area (Å²) < 4.78 is 30.3. The van der Waals surface area contributed by atoms with Crippen molar-refractivity contribution >= 4 is 22.6 Å². The molecule has 7 heteroatoms. The number of esters is 1. The monoisotopic (exact) mass is 440 g/mol. The van der Waals surface area contributed by atoms with E-state index in [-0.39, 0.29) is 17.5 Å². The summed E-state index contributed by atoms with van der Waals surface area (Å²) in [5.74, 6) is -0.598. The van der Waals surface area contributed by atoms with Gasteiger partial charge in [0.25, 0.3) is 0 Å². The number of ether oxygens (including phenoxy) is 2. The molecule has 0 saturated carbocycles. The van der Waals surface area contributed by atoms with E-state index in [9.17, 15) is 9.18 Å². The van der Waals surface area contributed by atoms with Gasteiger partial charge in [0, 0.05) is 44.0 Å². The lowest BCUT2D eigenvalue weighted by molar-refractivity contribution is -0.148. The van der Waals surface area contributed by atoms with Crippen LogP contribution in [0.4, 0.5) is 10.1 Å². The van der Waals surface area contributed by atoms with Crippen molar-refractivity contribution in [2.24, 2.45) is 5.92 Å². The highest BCUT2D eigenvalue weighted by atomic mass is 19.1. The van der Waals surface area contributed by atoms with E-state index < -0.39 is 5.82 Å². The van der Waals surface area contributed by atoms with Crippen LogP contribution >= 0.6 is 0 Å². The highest BCUT2D eigenvalue weighted by Crippen LogP contribution is 2.35. The summed E-state index contributed by atoms with van der Waals surface area (Å²) in [6.07, 6.45) is 6.55. The van der Waals surface area contributed by atoms with Crippen molar-refractivity contribution in [3.05, 3.63) is 48.1 Å². The van der Waals surface area contributed by atoms with Crippen molar-refractivity contribution < 1.29 is 23.1 Å². The van der Waals surface area contributed by atoms with Crippen LogP contribution in [0.25, 0.3) is 22.2 Å². The van der Waals surface area contributed by atoms with E-state index in [1.807, 2.05) is 19.2 Å². The van der Waals surface area contributed by atoms with Crippen molar-refractivity contribution in [3.8, 4) is 11.3 Å². The van der Waals surface area contributed by atoms with Crippen LogP contribution in [0, 0.1) is 11.7 Å². The molecule has 3 aromatic rings. The molecular formula is C25H29FN2O4. The van der Waals surface area contributed by atoms with Gasteiger partial charge in [-0.3, -0.25) is 9.78 Å². The topological polar surface area (TPSA) is 64.8 Å². The second kappa shape index (κ2) is 10.1. The fourth-order valence-corrected chi connectivity index (χ4v) is 4.31. The molecule has 1 saturated heterocycles. The van der Waals surface area contributed by atoms with Crippen molar-refractivity contribution in [2.45, 2.75) is 32.6 Å². The second-order valence-electron chi connectivity index (χ2n) is 8.12. The van der Waals surface area contributed by atoms with Gasteiger partial charge in [-0.1, -0.05) is 0 Å². The van der Waals surface area contributed by atoms with Gasteiger partial charge in [-0.15, -0.1) is 0 Å². The van der Waals surface area contributed by atoms with Gasteiger partial charge in [0.05, 0.1) is 30.2 Å². The molecule has 32 heavy (non-hydrogen) atoms. The molecule has 1 fully saturated rings. The summed E-state index contributed by atoms with van der Waals surface area (Å²) in [6.45, 7) is 4.35. The Labute approximate surface area is 187 Å². The Morgan fingerprint density at radius 1 is 1.28 bits per heavy atom. The first kappa shape index (κ1) is 22.3. The number of halogens is 1. The number of piperidine rings is 1. The normalized spacial score (nSPS) is 14.8. The molecule has 0 amide bonds. The van der Waals surface area contributed by atoms with Gasteiger partial charge in [-0.2, -0.15) is 0 Å². The maximum absolute atomic E-state index is 14.6. The number of carbonyl (C=O) groups excluding carboxylic acids is 1. The smallest absolute Gasteiger partial charge is 0.309 e. The molecule has 1 aliphatic heterocycles. The van der Waals surface area contributed by atoms with Crippen LogP contribution in [0.2, 0.25) is 0 Å². The first-order valence-electron chi connectivity index (χ1n) is 11.2. The van der Waals surface area contributed by atoms with Gasteiger partial charge in [-0.25, -0.2) is 4.39 Å². The standard InChI is InChI=1S/C25H29FN2O4/c1-3-31-25(29)18-6-9-28(10-7-18)22-13-17(5-4-11-30-2)16-27-23(22)20-14-19-8-12-32-24(19)21(26)15-20/h8,12-16,18H,3-7,9-11H2,1-2H3. The van der Waals surface area contributed by atoms with Crippen LogP contribution in [0.1, 0.15) is 31.7 Å². The molecule has 0 aliphatic carbocycles. The van der Waals surface area contributed by atoms with Crippen LogP contribution in [0.5, 0.6) is 0 Å². The van der Waals surface area contributed by atoms with Crippen molar-refractivity contribution in [3.63, 3.8) is 0 Å². The molecule has 0 N–H and O–H groups in total. The number of rotatable bonds is 8. The van der Waals surface area contributed by atoms with E-state index in [0.717, 1.165) is 55.7 Å². The lowest BCUT2D eigenvalue weighted by Crippen LogP contribution is -2.37. The van der Waals surface area contributed by atoms with Crippen LogP contribution in [-0.2, 0) is 20.7 Å². The van der Waals surface area contributed by atoms with Gasteiger partial charge in [0.1, 0.15) is 0 Å². The highest BCUT2D eigenvalue weighted by molar-refractivity contribution is 5.86. The Hall–Kier alpha value is -2.93. The minimum absolute atomic E-state index is 0.0766. The third-order valence-corrected chi connectivity index (χ3v) is 5.97. The lowest BCUT2D eigenvalue weighted by Gasteiger charge is -2.33. The molecule has 0 unspecified atom stereocenters. The molecule has 3 heterocycles. The molecule has 0 atom stereocenters. The molecule has 170 valence electrons. The number of hydrogen-bond acceptors (Lipinski definition) is 6. The molecule has 1 aliphatic rings. The van der Waals surface area contributed by atoms with Crippen molar-refractivity contribution in [2.75, 3.05) is 38.3 Å². The SMILES string of the molecule is CCOC(=O)C1CCN(c2cc(CCCOC)cnc2-c2cc(F)c3occc3c2)CC1. The maximum Gasteiger partial charge on any atom is 0.309 e. The molecule has 2 aromatic heterocycles. The Morgan fingerprint density at radius 3 is 2.84 bits per heavy atom. The van der Waals surface area contributed by atoms with Crippen LogP contribution in [0.15, 0.2) is 41.1 Å². The average molecular weight is 441 g/mol. The number of methoxy groups -OCH3 is 1. The average Bonchev–Trinajstić information content (AvgIpc) is 3.29.